The number of benzene rings is 1. The van der Waals surface area contributed by atoms with E-state index in [1.807, 2.05) is 6.92 Å². The van der Waals surface area contributed by atoms with Gasteiger partial charge in [0.15, 0.2) is 0 Å². The summed E-state index contributed by atoms with van der Waals surface area (Å²) in [5.41, 5.74) is 1.58. The van der Waals surface area contributed by atoms with Gasteiger partial charge in [0.2, 0.25) is 0 Å². The molecular formula is C13H17FO2. The van der Waals surface area contributed by atoms with Crippen LogP contribution in [0.1, 0.15) is 24.5 Å². The van der Waals surface area contributed by atoms with Crippen molar-refractivity contribution in [2.75, 3.05) is 7.11 Å². The molecule has 0 bridgehead atoms. The molecule has 16 heavy (non-hydrogen) atoms. The average Bonchev–Trinajstić information content (AvgIpc) is 2.29. The van der Waals surface area contributed by atoms with Gasteiger partial charge >= 0.3 is 5.97 Å². The van der Waals surface area contributed by atoms with Gasteiger partial charge in [0.05, 0.1) is 13.0 Å². The fourth-order valence-corrected chi connectivity index (χ4v) is 1.68. The minimum Gasteiger partial charge on any atom is -0.469 e. The molecule has 0 fully saturated rings. The lowest BCUT2D eigenvalue weighted by atomic mass is 9.96. The second-order valence-electron chi connectivity index (χ2n) is 3.92. The van der Waals surface area contributed by atoms with Crippen molar-refractivity contribution in [1.29, 1.82) is 0 Å². The van der Waals surface area contributed by atoms with Crippen LogP contribution < -0.4 is 0 Å². The van der Waals surface area contributed by atoms with Gasteiger partial charge < -0.3 is 4.74 Å². The topological polar surface area (TPSA) is 26.3 Å². The van der Waals surface area contributed by atoms with Gasteiger partial charge in [0, 0.05) is 0 Å². The number of carbonyl (C=O) groups is 1. The van der Waals surface area contributed by atoms with Crippen LogP contribution >= 0.6 is 0 Å². The minimum atomic E-state index is -0.213. The number of ether oxygens (including phenoxy) is 1. The van der Waals surface area contributed by atoms with Crippen LogP contribution in [0.2, 0.25) is 0 Å². The number of carbonyl (C=O) groups excluding carboxylic acids is 1. The van der Waals surface area contributed by atoms with Gasteiger partial charge in [-0.2, -0.15) is 0 Å². The van der Waals surface area contributed by atoms with Crippen molar-refractivity contribution in [1.82, 2.24) is 0 Å². The van der Waals surface area contributed by atoms with Crippen molar-refractivity contribution in [3.63, 3.8) is 0 Å². The van der Waals surface area contributed by atoms with Gasteiger partial charge in [0.25, 0.3) is 0 Å². The number of rotatable bonds is 4. The third-order valence-electron chi connectivity index (χ3n) is 2.73. The van der Waals surface area contributed by atoms with E-state index in [2.05, 4.69) is 0 Å². The Morgan fingerprint density at radius 1 is 1.50 bits per heavy atom. The molecule has 2 nitrogen and oxygen atoms in total. The molecule has 3 heteroatoms. The lowest BCUT2D eigenvalue weighted by Crippen LogP contribution is -2.17. The Labute approximate surface area is 95.4 Å². The summed E-state index contributed by atoms with van der Waals surface area (Å²) >= 11 is 0. The van der Waals surface area contributed by atoms with E-state index in [9.17, 15) is 9.18 Å². The van der Waals surface area contributed by atoms with Crippen LogP contribution in [0, 0.1) is 18.7 Å². The van der Waals surface area contributed by atoms with E-state index in [0.717, 1.165) is 12.0 Å². The molecule has 0 heterocycles. The molecule has 1 unspecified atom stereocenters. The first-order chi connectivity index (χ1) is 7.58. The first-order valence-electron chi connectivity index (χ1n) is 5.41. The van der Waals surface area contributed by atoms with E-state index < -0.39 is 0 Å². The smallest absolute Gasteiger partial charge is 0.308 e. The molecule has 0 N–H and O–H groups in total. The summed E-state index contributed by atoms with van der Waals surface area (Å²) in [6.45, 7) is 3.66. The predicted octanol–water partition coefficient (Wildman–Crippen LogP) is 2.88. The molecule has 0 saturated heterocycles. The number of esters is 1. The van der Waals surface area contributed by atoms with Crippen molar-refractivity contribution in [3.05, 3.63) is 35.1 Å². The first kappa shape index (κ1) is 12.7. The molecule has 0 amide bonds. The normalized spacial score (nSPS) is 12.2. The van der Waals surface area contributed by atoms with Crippen LogP contribution in [0.25, 0.3) is 0 Å². The maximum atomic E-state index is 13.1. The van der Waals surface area contributed by atoms with Crippen LogP contribution in [0.15, 0.2) is 18.2 Å². The molecule has 0 spiro atoms. The minimum absolute atomic E-state index is 0.144. The van der Waals surface area contributed by atoms with E-state index in [-0.39, 0.29) is 17.7 Å². The molecule has 1 aromatic rings. The average molecular weight is 224 g/mol. The molecule has 1 aromatic carbocycles. The van der Waals surface area contributed by atoms with Crippen molar-refractivity contribution < 1.29 is 13.9 Å². The Morgan fingerprint density at radius 2 is 2.19 bits per heavy atom. The van der Waals surface area contributed by atoms with E-state index in [0.29, 0.717) is 12.0 Å². The molecule has 0 aliphatic rings. The largest absolute Gasteiger partial charge is 0.469 e. The highest BCUT2D eigenvalue weighted by Gasteiger charge is 2.17. The Kier molecular flexibility index (Phi) is 4.47. The van der Waals surface area contributed by atoms with Gasteiger partial charge in [0.1, 0.15) is 5.82 Å². The molecule has 88 valence electrons. The quantitative estimate of drug-likeness (QED) is 0.735. The Morgan fingerprint density at radius 3 is 2.69 bits per heavy atom. The lowest BCUT2D eigenvalue weighted by molar-refractivity contribution is -0.145. The molecule has 0 aromatic heterocycles. The summed E-state index contributed by atoms with van der Waals surface area (Å²) in [6.07, 6.45) is 1.33. The van der Waals surface area contributed by atoms with Crippen LogP contribution in [0.3, 0.4) is 0 Å². The summed E-state index contributed by atoms with van der Waals surface area (Å²) in [4.78, 5) is 11.4. The summed E-state index contributed by atoms with van der Waals surface area (Å²) in [6, 6.07) is 4.93. The summed E-state index contributed by atoms with van der Waals surface area (Å²) in [5.74, 6) is -0.561. The van der Waals surface area contributed by atoms with Crippen LogP contribution in [0.5, 0.6) is 0 Å². The number of hydrogen-bond donors (Lipinski definition) is 0. The van der Waals surface area contributed by atoms with E-state index in [1.165, 1.54) is 13.2 Å². The molecule has 0 radical (unpaired) electrons. The predicted molar refractivity (Wildman–Crippen MR) is 60.6 cm³/mol. The second-order valence-corrected chi connectivity index (χ2v) is 3.92. The van der Waals surface area contributed by atoms with Crippen molar-refractivity contribution in [2.24, 2.45) is 5.92 Å². The lowest BCUT2D eigenvalue weighted by Gasteiger charge is -2.12. The number of halogens is 1. The number of methoxy groups -OCH3 is 1. The van der Waals surface area contributed by atoms with E-state index in [1.54, 1.807) is 19.1 Å². The first-order valence-corrected chi connectivity index (χ1v) is 5.41. The third kappa shape index (κ3) is 3.05. The van der Waals surface area contributed by atoms with Gasteiger partial charge in [-0.3, -0.25) is 4.79 Å². The van der Waals surface area contributed by atoms with Crippen molar-refractivity contribution in [2.45, 2.75) is 26.7 Å². The van der Waals surface area contributed by atoms with E-state index in [4.69, 9.17) is 4.74 Å². The Balaban J connectivity index is 2.78. The van der Waals surface area contributed by atoms with Gasteiger partial charge in [-0.1, -0.05) is 19.1 Å². The van der Waals surface area contributed by atoms with Gasteiger partial charge in [-0.25, -0.2) is 4.39 Å². The zero-order chi connectivity index (χ0) is 12.1. The molecular weight excluding hydrogens is 207 g/mol. The van der Waals surface area contributed by atoms with Gasteiger partial charge in [-0.15, -0.1) is 0 Å². The summed E-state index contributed by atoms with van der Waals surface area (Å²) < 4.78 is 17.8. The zero-order valence-electron chi connectivity index (χ0n) is 9.92. The third-order valence-corrected chi connectivity index (χ3v) is 2.73. The second kappa shape index (κ2) is 5.64. The highest BCUT2D eigenvalue weighted by Crippen LogP contribution is 2.16. The SMILES string of the molecule is CCC(Cc1ccc(F)c(C)c1)C(=O)OC. The fourth-order valence-electron chi connectivity index (χ4n) is 1.68. The molecule has 1 atom stereocenters. The molecule has 1 rings (SSSR count). The molecule has 0 saturated carbocycles. The maximum Gasteiger partial charge on any atom is 0.308 e. The monoisotopic (exact) mass is 224 g/mol. The standard InChI is InChI=1S/C13H17FO2/c1-4-11(13(15)16-3)8-10-5-6-12(14)9(2)7-10/h5-7,11H,4,8H2,1-3H3. The Bertz CT molecular complexity index is 374. The maximum absolute atomic E-state index is 13.1. The fraction of sp³-hybridized carbons (Fsp3) is 0.462. The highest BCUT2D eigenvalue weighted by atomic mass is 19.1. The summed E-state index contributed by atoms with van der Waals surface area (Å²) in [7, 11) is 1.39. The number of aryl methyl sites for hydroxylation is 1. The van der Waals surface area contributed by atoms with Crippen LogP contribution in [-0.2, 0) is 16.0 Å². The number of hydrogen-bond acceptors (Lipinski definition) is 2. The summed E-state index contributed by atoms with van der Waals surface area (Å²) in [5, 5.41) is 0. The van der Waals surface area contributed by atoms with Gasteiger partial charge in [-0.05, 0) is 37.0 Å². The van der Waals surface area contributed by atoms with Crippen LogP contribution in [0.4, 0.5) is 4.39 Å². The van der Waals surface area contributed by atoms with E-state index >= 15 is 0 Å². The molecule has 0 aliphatic carbocycles. The van der Waals surface area contributed by atoms with Crippen LogP contribution in [-0.4, -0.2) is 13.1 Å². The highest BCUT2D eigenvalue weighted by molar-refractivity contribution is 5.72. The van der Waals surface area contributed by atoms with Crippen molar-refractivity contribution in [3.8, 4) is 0 Å². The van der Waals surface area contributed by atoms with Crippen molar-refractivity contribution >= 4 is 5.97 Å². The zero-order valence-corrected chi connectivity index (χ0v) is 9.92. The Hall–Kier alpha value is -1.38. The molecule has 0 aliphatic heterocycles.